The molecule has 0 aromatic heterocycles. The van der Waals surface area contributed by atoms with Gasteiger partial charge >= 0.3 is 0 Å². The van der Waals surface area contributed by atoms with Gasteiger partial charge in [0.15, 0.2) is 0 Å². The van der Waals surface area contributed by atoms with Gasteiger partial charge in [0.25, 0.3) is 0 Å². The number of anilines is 2. The Morgan fingerprint density at radius 2 is 1.62 bits per heavy atom. The molecule has 4 atom stereocenters. The summed E-state index contributed by atoms with van der Waals surface area (Å²) in [5.41, 5.74) is 12.3. The van der Waals surface area contributed by atoms with E-state index in [1.807, 2.05) is 0 Å². The average Bonchev–Trinajstić information content (AvgIpc) is 3.51. The van der Waals surface area contributed by atoms with Gasteiger partial charge in [-0.3, -0.25) is 0 Å². The van der Waals surface area contributed by atoms with E-state index in [0.29, 0.717) is 12.0 Å². The molecule has 9 rings (SSSR count). The molecule has 0 amide bonds. The second-order valence-electron chi connectivity index (χ2n) is 12.8. The number of fused-ring (bicyclic) bond motifs is 4. The number of para-hydroxylation sites is 2. The Balaban J connectivity index is 1.09. The summed E-state index contributed by atoms with van der Waals surface area (Å²) in [7, 11) is 0. The summed E-state index contributed by atoms with van der Waals surface area (Å²) in [6.07, 6.45) is 26.9. The number of hydrogen-bond acceptors (Lipinski definition) is 2. The molecule has 0 spiro atoms. The highest BCUT2D eigenvalue weighted by Gasteiger charge is 2.39. The van der Waals surface area contributed by atoms with Gasteiger partial charge in [-0.05, 0) is 87.2 Å². The fourth-order valence-electron chi connectivity index (χ4n) is 8.23. The number of nitrogens with zero attached hydrogens (tertiary/aromatic N) is 1. The van der Waals surface area contributed by atoms with Crippen molar-refractivity contribution in [3.8, 4) is 0 Å². The van der Waals surface area contributed by atoms with E-state index >= 15 is 0 Å². The minimum absolute atomic E-state index is 0.192. The van der Waals surface area contributed by atoms with Crippen molar-refractivity contribution in [1.29, 1.82) is 0 Å². The predicted octanol–water partition coefficient (Wildman–Crippen LogP) is 10.3. The van der Waals surface area contributed by atoms with Gasteiger partial charge in [-0.25, -0.2) is 0 Å². The third-order valence-corrected chi connectivity index (χ3v) is 10.3. The topological polar surface area (TPSA) is 15.3 Å². The Bertz CT molecular complexity index is 2050. The summed E-state index contributed by atoms with van der Waals surface area (Å²) in [4.78, 5) is 2.62. The molecule has 2 nitrogen and oxygen atoms in total. The van der Waals surface area contributed by atoms with E-state index in [1.54, 1.807) is 0 Å². The SMILES string of the molecule is C1=CCCC(C2Nc3ccccc3N2C2C=CC(C3c4ccccc4C(c4ccc5ccccc5c4)=C4C=CC=CC43)=CC2)=C1. The monoisotopic (exact) mass is 580 g/mol. The number of allylic oxidation sites excluding steroid dienone is 10. The first-order valence-corrected chi connectivity index (χ1v) is 16.4. The fraction of sp³-hybridized carbons (Fsp3) is 0.163. The lowest BCUT2D eigenvalue weighted by Gasteiger charge is -2.39. The van der Waals surface area contributed by atoms with Crippen molar-refractivity contribution in [3.63, 3.8) is 0 Å². The Morgan fingerprint density at radius 1 is 0.756 bits per heavy atom. The number of hydrogen-bond donors (Lipinski definition) is 1. The molecule has 2 heteroatoms. The van der Waals surface area contributed by atoms with Crippen LogP contribution in [0.3, 0.4) is 0 Å². The van der Waals surface area contributed by atoms with Crippen LogP contribution in [0.1, 0.15) is 41.9 Å². The molecule has 45 heavy (non-hydrogen) atoms. The van der Waals surface area contributed by atoms with E-state index in [9.17, 15) is 0 Å². The molecule has 4 aromatic carbocycles. The van der Waals surface area contributed by atoms with Gasteiger partial charge in [0.05, 0.1) is 17.4 Å². The van der Waals surface area contributed by atoms with E-state index in [1.165, 1.54) is 61.1 Å². The lowest BCUT2D eigenvalue weighted by Crippen LogP contribution is -2.44. The molecule has 1 N–H and O–H groups in total. The minimum atomic E-state index is 0.192. The second-order valence-corrected chi connectivity index (χ2v) is 12.8. The van der Waals surface area contributed by atoms with Crippen molar-refractivity contribution in [2.24, 2.45) is 5.92 Å². The van der Waals surface area contributed by atoms with Crippen LogP contribution in [-0.4, -0.2) is 12.2 Å². The molecule has 0 bridgehead atoms. The maximum Gasteiger partial charge on any atom is 0.122 e. The maximum atomic E-state index is 3.85. The van der Waals surface area contributed by atoms with Gasteiger partial charge in [0.2, 0.25) is 0 Å². The highest BCUT2D eigenvalue weighted by atomic mass is 15.3. The normalized spacial score (nSPS) is 24.6. The molecule has 218 valence electrons. The molecule has 1 aliphatic heterocycles. The maximum absolute atomic E-state index is 3.85. The zero-order valence-corrected chi connectivity index (χ0v) is 25.3. The Labute approximate surface area is 265 Å². The molecule has 0 saturated heterocycles. The van der Waals surface area contributed by atoms with E-state index in [-0.39, 0.29) is 12.1 Å². The predicted molar refractivity (Wildman–Crippen MR) is 189 cm³/mol. The standard InChI is InChI=1S/C43H36N2/c1-2-13-31(14-3-1)43-44-39-20-10-11-21-40(39)45(43)34-26-24-30(25-27-34)41-35-16-6-8-18-37(35)42(38-19-9-7-17-36(38)41)33-23-22-29-12-4-5-15-32(29)28-33/h1-2,4-13,15-26,28,34-35,41,43-44H,3,14,27H2. The Hall–Kier alpha value is -5.08. The largest absolute Gasteiger partial charge is 0.360 e. The van der Waals surface area contributed by atoms with E-state index in [2.05, 4.69) is 162 Å². The van der Waals surface area contributed by atoms with Gasteiger partial charge in [-0.1, -0.05) is 134 Å². The van der Waals surface area contributed by atoms with Crippen molar-refractivity contribution >= 4 is 27.7 Å². The third kappa shape index (κ3) is 4.39. The first kappa shape index (κ1) is 26.3. The van der Waals surface area contributed by atoms with Gasteiger partial charge in [0, 0.05) is 11.8 Å². The van der Waals surface area contributed by atoms with Crippen LogP contribution in [0.15, 0.2) is 168 Å². The lowest BCUT2D eigenvalue weighted by molar-refractivity contribution is 0.613. The summed E-state index contributed by atoms with van der Waals surface area (Å²) in [6, 6.07) is 33.9. The van der Waals surface area contributed by atoms with Crippen molar-refractivity contribution in [3.05, 3.63) is 185 Å². The smallest absolute Gasteiger partial charge is 0.122 e. The highest BCUT2D eigenvalue weighted by Crippen LogP contribution is 2.51. The molecule has 4 aromatic rings. The molecular formula is C43H36N2. The third-order valence-electron chi connectivity index (χ3n) is 10.3. The molecule has 4 aliphatic carbocycles. The van der Waals surface area contributed by atoms with Gasteiger partial charge in [-0.2, -0.15) is 0 Å². The molecule has 0 fully saturated rings. The van der Waals surface area contributed by atoms with Gasteiger partial charge in [0.1, 0.15) is 6.17 Å². The van der Waals surface area contributed by atoms with E-state index in [4.69, 9.17) is 0 Å². The van der Waals surface area contributed by atoms with Crippen molar-refractivity contribution in [2.75, 3.05) is 10.2 Å². The molecule has 5 aliphatic rings. The van der Waals surface area contributed by atoms with Crippen LogP contribution in [-0.2, 0) is 0 Å². The summed E-state index contributed by atoms with van der Waals surface area (Å²) in [5, 5.41) is 6.42. The van der Waals surface area contributed by atoms with Crippen LogP contribution >= 0.6 is 0 Å². The fourth-order valence-corrected chi connectivity index (χ4v) is 8.23. The van der Waals surface area contributed by atoms with E-state index in [0.717, 1.165) is 19.3 Å². The van der Waals surface area contributed by atoms with Crippen LogP contribution < -0.4 is 10.2 Å². The molecular weight excluding hydrogens is 544 g/mol. The van der Waals surface area contributed by atoms with Crippen LogP contribution in [0.5, 0.6) is 0 Å². The average molecular weight is 581 g/mol. The Morgan fingerprint density at radius 3 is 2.51 bits per heavy atom. The number of benzene rings is 4. The van der Waals surface area contributed by atoms with Crippen LogP contribution in [0, 0.1) is 5.92 Å². The minimum Gasteiger partial charge on any atom is -0.360 e. The van der Waals surface area contributed by atoms with Crippen LogP contribution in [0.2, 0.25) is 0 Å². The number of nitrogens with one attached hydrogen (secondary N) is 1. The first-order chi connectivity index (χ1) is 22.3. The van der Waals surface area contributed by atoms with Gasteiger partial charge < -0.3 is 10.2 Å². The molecule has 4 unspecified atom stereocenters. The Kier molecular flexibility index (Phi) is 6.33. The zero-order valence-electron chi connectivity index (χ0n) is 25.3. The summed E-state index contributed by atoms with van der Waals surface area (Å²) in [5.74, 6) is 0.574. The molecule has 0 radical (unpaired) electrons. The summed E-state index contributed by atoms with van der Waals surface area (Å²) < 4.78 is 0. The second kappa shape index (κ2) is 10.8. The van der Waals surface area contributed by atoms with Crippen molar-refractivity contribution in [1.82, 2.24) is 0 Å². The molecule has 0 saturated carbocycles. The quantitative estimate of drug-likeness (QED) is 0.258. The summed E-state index contributed by atoms with van der Waals surface area (Å²) >= 11 is 0. The van der Waals surface area contributed by atoms with Crippen LogP contribution in [0.4, 0.5) is 11.4 Å². The highest BCUT2D eigenvalue weighted by molar-refractivity contribution is 5.93. The first-order valence-electron chi connectivity index (χ1n) is 16.4. The molecule has 1 heterocycles. The summed E-state index contributed by atoms with van der Waals surface area (Å²) in [6.45, 7) is 0. The van der Waals surface area contributed by atoms with Gasteiger partial charge in [-0.15, -0.1) is 0 Å². The van der Waals surface area contributed by atoms with Crippen molar-refractivity contribution in [2.45, 2.75) is 37.4 Å². The zero-order chi connectivity index (χ0) is 29.7. The number of rotatable bonds is 4. The van der Waals surface area contributed by atoms with Crippen LogP contribution in [0.25, 0.3) is 16.3 Å². The van der Waals surface area contributed by atoms with E-state index < -0.39 is 0 Å². The van der Waals surface area contributed by atoms with Crippen molar-refractivity contribution < 1.29 is 0 Å². The lowest BCUT2D eigenvalue weighted by atomic mass is 9.65.